The minimum Gasteiger partial charge on any atom is -0.206 e. The predicted molar refractivity (Wildman–Crippen MR) is 77.2 cm³/mol. The normalized spacial score (nSPS) is 10.9. The van der Waals surface area contributed by atoms with Crippen molar-refractivity contribution >= 4 is 5.78 Å². The minimum absolute atomic E-state index is 0.383. The van der Waals surface area contributed by atoms with Crippen LogP contribution in [0.1, 0.15) is 0 Å². The first-order chi connectivity index (χ1) is 10.4. The van der Waals surface area contributed by atoms with Gasteiger partial charge >= 0.3 is 0 Å². The molecule has 0 aliphatic heterocycles. The van der Waals surface area contributed by atoms with Crippen molar-refractivity contribution in [2.24, 2.45) is 0 Å². The SMILES string of the molecule is c1ccc(-c2nc3nnnn3nc2-c2ccccc2)cc1. The third-order valence-electron chi connectivity index (χ3n) is 3.16. The van der Waals surface area contributed by atoms with Gasteiger partial charge in [0.15, 0.2) is 0 Å². The molecule has 0 aliphatic rings. The summed E-state index contributed by atoms with van der Waals surface area (Å²) in [7, 11) is 0. The Morgan fingerprint density at radius 2 is 1.33 bits per heavy atom. The summed E-state index contributed by atoms with van der Waals surface area (Å²) < 4.78 is 1.34. The lowest BCUT2D eigenvalue weighted by molar-refractivity contribution is 0.730. The van der Waals surface area contributed by atoms with E-state index in [9.17, 15) is 0 Å². The third kappa shape index (κ3) is 2.02. The number of rotatable bonds is 2. The van der Waals surface area contributed by atoms with E-state index in [4.69, 9.17) is 0 Å². The van der Waals surface area contributed by atoms with E-state index in [-0.39, 0.29) is 0 Å². The van der Waals surface area contributed by atoms with Crippen LogP contribution in [0.2, 0.25) is 0 Å². The van der Waals surface area contributed by atoms with E-state index in [1.165, 1.54) is 4.63 Å². The average Bonchev–Trinajstić information content (AvgIpc) is 3.03. The van der Waals surface area contributed by atoms with Crippen LogP contribution in [-0.2, 0) is 0 Å². The highest BCUT2D eigenvalue weighted by atomic mass is 15.6. The number of aromatic nitrogens is 6. The molecule has 4 rings (SSSR count). The summed E-state index contributed by atoms with van der Waals surface area (Å²) in [6.45, 7) is 0. The van der Waals surface area contributed by atoms with Crippen LogP contribution < -0.4 is 0 Å². The molecule has 2 aromatic heterocycles. The van der Waals surface area contributed by atoms with Gasteiger partial charge in [0.25, 0.3) is 5.78 Å². The Balaban J connectivity index is 2.03. The molecule has 0 radical (unpaired) electrons. The summed E-state index contributed by atoms with van der Waals surface area (Å²) in [5.74, 6) is 0.383. The van der Waals surface area contributed by atoms with E-state index in [2.05, 4.69) is 25.6 Å². The molecule has 6 heteroatoms. The molecule has 21 heavy (non-hydrogen) atoms. The van der Waals surface area contributed by atoms with Crippen molar-refractivity contribution in [3.63, 3.8) is 0 Å². The quantitative estimate of drug-likeness (QED) is 0.560. The molecule has 0 bridgehead atoms. The fraction of sp³-hybridized carbons (Fsp3) is 0. The molecule has 0 saturated heterocycles. The third-order valence-corrected chi connectivity index (χ3v) is 3.16. The molecule has 0 aliphatic carbocycles. The number of benzene rings is 2. The van der Waals surface area contributed by atoms with Crippen molar-refractivity contribution in [1.82, 2.24) is 30.2 Å². The van der Waals surface area contributed by atoms with Gasteiger partial charge in [-0.05, 0) is 10.4 Å². The van der Waals surface area contributed by atoms with Gasteiger partial charge in [-0.25, -0.2) is 4.98 Å². The average molecular weight is 274 g/mol. The Labute approximate surface area is 120 Å². The molecule has 0 spiro atoms. The van der Waals surface area contributed by atoms with E-state index in [0.717, 1.165) is 22.5 Å². The van der Waals surface area contributed by atoms with Crippen LogP contribution in [0.25, 0.3) is 28.3 Å². The van der Waals surface area contributed by atoms with Gasteiger partial charge in [0.05, 0.1) is 0 Å². The van der Waals surface area contributed by atoms with E-state index in [1.54, 1.807) is 0 Å². The second kappa shape index (κ2) is 4.75. The Morgan fingerprint density at radius 3 is 2.00 bits per heavy atom. The van der Waals surface area contributed by atoms with Crippen LogP contribution in [0.5, 0.6) is 0 Å². The first kappa shape index (κ1) is 11.7. The molecule has 0 saturated carbocycles. The van der Waals surface area contributed by atoms with Crippen molar-refractivity contribution in [3.05, 3.63) is 60.7 Å². The van der Waals surface area contributed by atoms with Crippen LogP contribution >= 0.6 is 0 Å². The van der Waals surface area contributed by atoms with E-state index < -0.39 is 0 Å². The van der Waals surface area contributed by atoms with Gasteiger partial charge in [0, 0.05) is 11.1 Å². The van der Waals surface area contributed by atoms with Gasteiger partial charge in [0.1, 0.15) is 11.4 Å². The summed E-state index contributed by atoms with van der Waals surface area (Å²) in [5, 5.41) is 15.8. The van der Waals surface area contributed by atoms with E-state index >= 15 is 0 Å². The molecule has 2 aromatic carbocycles. The molecule has 0 atom stereocenters. The van der Waals surface area contributed by atoms with E-state index in [1.807, 2.05) is 60.7 Å². The Bertz CT molecular complexity index is 812. The van der Waals surface area contributed by atoms with Crippen LogP contribution in [0.3, 0.4) is 0 Å². The fourth-order valence-electron chi connectivity index (χ4n) is 2.19. The summed E-state index contributed by atoms with van der Waals surface area (Å²) in [6.07, 6.45) is 0. The lowest BCUT2D eigenvalue weighted by Crippen LogP contribution is -2.02. The monoisotopic (exact) mass is 274 g/mol. The smallest absolute Gasteiger partial charge is 0.206 e. The van der Waals surface area contributed by atoms with Gasteiger partial charge < -0.3 is 0 Å². The number of nitrogens with zero attached hydrogens (tertiary/aromatic N) is 6. The zero-order valence-electron chi connectivity index (χ0n) is 11.0. The summed E-state index contributed by atoms with van der Waals surface area (Å²) >= 11 is 0. The largest absolute Gasteiger partial charge is 0.291 e. The molecular formula is C15H10N6. The number of hydrogen-bond acceptors (Lipinski definition) is 5. The van der Waals surface area contributed by atoms with Crippen LogP contribution in [0, 0.1) is 0 Å². The zero-order valence-corrected chi connectivity index (χ0v) is 11.0. The predicted octanol–water partition coefficient (Wildman–Crippen LogP) is 2.25. The maximum absolute atomic E-state index is 4.55. The number of hydrogen-bond donors (Lipinski definition) is 0. The second-order valence-corrected chi connectivity index (χ2v) is 4.51. The zero-order chi connectivity index (χ0) is 14.1. The summed E-state index contributed by atoms with van der Waals surface area (Å²) in [6, 6.07) is 19.8. The molecule has 0 N–H and O–H groups in total. The number of tetrazole rings is 1. The summed E-state index contributed by atoms with van der Waals surface area (Å²) in [5.41, 5.74) is 3.47. The van der Waals surface area contributed by atoms with Gasteiger partial charge in [-0.1, -0.05) is 70.4 Å². The van der Waals surface area contributed by atoms with Crippen LogP contribution in [-0.4, -0.2) is 30.2 Å². The lowest BCUT2D eigenvalue weighted by atomic mass is 10.0. The van der Waals surface area contributed by atoms with Crippen molar-refractivity contribution in [2.45, 2.75) is 0 Å². The van der Waals surface area contributed by atoms with Gasteiger partial charge in [-0.2, -0.15) is 0 Å². The highest BCUT2D eigenvalue weighted by Gasteiger charge is 2.14. The molecule has 0 amide bonds. The lowest BCUT2D eigenvalue weighted by Gasteiger charge is -2.07. The first-order valence-corrected chi connectivity index (χ1v) is 6.49. The molecule has 4 aromatic rings. The molecular weight excluding hydrogens is 264 g/mol. The Morgan fingerprint density at radius 1 is 0.714 bits per heavy atom. The first-order valence-electron chi connectivity index (χ1n) is 6.49. The Hall–Kier alpha value is -3.15. The van der Waals surface area contributed by atoms with Crippen LogP contribution in [0.4, 0.5) is 0 Å². The van der Waals surface area contributed by atoms with Crippen LogP contribution in [0.15, 0.2) is 60.7 Å². The number of fused-ring (bicyclic) bond motifs is 1. The van der Waals surface area contributed by atoms with Crippen molar-refractivity contribution in [2.75, 3.05) is 0 Å². The van der Waals surface area contributed by atoms with Crippen molar-refractivity contribution in [1.29, 1.82) is 0 Å². The molecule has 0 unspecified atom stereocenters. The topological polar surface area (TPSA) is 68.9 Å². The molecule has 6 nitrogen and oxygen atoms in total. The maximum atomic E-state index is 4.55. The van der Waals surface area contributed by atoms with Crippen molar-refractivity contribution < 1.29 is 0 Å². The molecule has 2 heterocycles. The second-order valence-electron chi connectivity index (χ2n) is 4.51. The van der Waals surface area contributed by atoms with Gasteiger partial charge in [-0.3, -0.25) is 0 Å². The van der Waals surface area contributed by atoms with Gasteiger partial charge in [0.2, 0.25) is 0 Å². The van der Waals surface area contributed by atoms with Gasteiger partial charge in [-0.15, -0.1) is 5.10 Å². The minimum atomic E-state index is 0.383. The standard InChI is InChI=1S/C15H10N6/c1-3-7-11(8-4-1)13-14(12-9-5-2-6-10-12)18-21-15(16-13)17-19-20-21/h1-10H. The highest BCUT2D eigenvalue weighted by molar-refractivity contribution is 5.78. The van der Waals surface area contributed by atoms with E-state index in [0.29, 0.717) is 5.78 Å². The molecule has 100 valence electrons. The summed E-state index contributed by atoms with van der Waals surface area (Å²) in [4.78, 5) is 4.55. The highest BCUT2D eigenvalue weighted by Crippen LogP contribution is 2.28. The Kier molecular flexibility index (Phi) is 2.64. The fourth-order valence-corrected chi connectivity index (χ4v) is 2.19. The maximum Gasteiger partial charge on any atom is 0.291 e. The molecule has 0 fully saturated rings. The van der Waals surface area contributed by atoms with Crippen molar-refractivity contribution in [3.8, 4) is 22.5 Å².